The molecule has 0 spiro atoms. The van der Waals surface area contributed by atoms with Gasteiger partial charge in [0.15, 0.2) is 0 Å². The van der Waals surface area contributed by atoms with E-state index in [-0.39, 0.29) is 12.5 Å². The number of aliphatic hydroxyl groups is 1. The van der Waals surface area contributed by atoms with Crippen molar-refractivity contribution in [2.45, 2.75) is 38.6 Å². The number of aliphatic hydroxyl groups excluding tert-OH is 1. The van der Waals surface area contributed by atoms with Gasteiger partial charge < -0.3 is 15.0 Å². The Labute approximate surface area is 136 Å². The van der Waals surface area contributed by atoms with Gasteiger partial charge in [-0.15, -0.1) is 0 Å². The molecule has 2 aromatic rings. The monoisotopic (exact) mass is 313 g/mol. The first-order valence-corrected chi connectivity index (χ1v) is 8.35. The Balaban J connectivity index is 1.96. The Kier molecular flexibility index (Phi) is 5.08. The lowest BCUT2D eigenvalue weighted by Crippen LogP contribution is -2.26. The summed E-state index contributed by atoms with van der Waals surface area (Å²) in [6, 6.07) is 10.0. The lowest BCUT2D eigenvalue weighted by atomic mass is 10.1. The maximum absolute atomic E-state index is 12.5. The van der Waals surface area contributed by atoms with Crippen molar-refractivity contribution >= 4 is 5.91 Å². The van der Waals surface area contributed by atoms with Crippen LogP contribution in [0, 0.1) is 0 Å². The molecule has 0 bridgehead atoms. The van der Waals surface area contributed by atoms with E-state index in [2.05, 4.69) is 14.9 Å². The maximum Gasteiger partial charge on any atom is 0.271 e. The summed E-state index contributed by atoms with van der Waals surface area (Å²) in [5.41, 5.74) is 2.64. The highest BCUT2D eigenvalue weighted by atomic mass is 16.3. The topological polar surface area (TPSA) is 67.2 Å². The third-order valence-electron chi connectivity index (χ3n) is 4.24. The zero-order chi connectivity index (χ0) is 16.1. The van der Waals surface area contributed by atoms with E-state index in [1.807, 2.05) is 30.3 Å². The molecule has 1 aromatic heterocycles. The van der Waals surface area contributed by atoms with Gasteiger partial charge in [0.25, 0.3) is 5.91 Å². The molecule has 0 saturated heterocycles. The van der Waals surface area contributed by atoms with E-state index in [0.29, 0.717) is 18.7 Å². The third-order valence-corrected chi connectivity index (χ3v) is 4.24. The fourth-order valence-electron chi connectivity index (χ4n) is 3.07. The molecule has 1 amide bonds. The molecule has 2 heterocycles. The van der Waals surface area contributed by atoms with Crippen LogP contribution in [0.4, 0.5) is 0 Å². The number of amides is 1. The predicted molar refractivity (Wildman–Crippen MR) is 89.3 cm³/mol. The molecule has 23 heavy (non-hydrogen) atoms. The molecular formula is C18H23N3O2. The van der Waals surface area contributed by atoms with Crippen LogP contribution in [0.2, 0.25) is 0 Å². The average molecular weight is 313 g/mol. The Morgan fingerprint density at radius 1 is 1.22 bits per heavy atom. The zero-order valence-corrected chi connectivity index (χ0v) is 13.3. The van der Waals surface area contributed by atoms with Crippen molar-refractivity contribution in [1.29, 1.82) is 0 Å². The molecule has 3 rings (SSSR count). The molecule has 0 fully saturated rings. The van der Waals surface area contributed by atoms with E-state index in [1.54, 1.807) is 0 Å². The number of fused-ring (bicyclic) bond motifs is 1. The van der Waals surface area contributed by atoms with Crippen molar-refractivity contribution in [3.05, 3.63) is 41.7 Å². The SMILES string of the molecule is O=C(NCCCO)c1nc(-c2ccccc2)n2c1CCCCC2. The number of carbonyl (C=O) groups excluding carboxylic acids is 1. The van der Waals surface area contributed by atoms with Gasteiger partial charge in [0.05, 0.1) is 5.69 Å². The van der Waals surface area contributed by atoms with Crippen LogP contribution in [0.15, 0.2) is 30.3 Å². The predicted octanol–water partition coefficient (Wildman–Crippen LogP) is 2.39. The van der Waals surface area contributed by atoms with Gasteiger partial charge in [-0.2, -0.15) is 0 Å². The summed E-state index contributed by atoms with van der Waals surface area (Å²) in [4.78, 5) is 17.2. The summed E-state index contributed by atoms with van der Waals surface area (Å²) in [5.74, 6) is 0.751. The summed E-state index contributed by atoms with van der Waals surface area (Å²) in [5, 5.41) is 11.7. The van der Waals surface area contributed by atoms with E-state index in [9.17, 15) is 4.79 Å². The van der Waals surface area contributed by atoms with Crippen LogP contribution in [-0.4, -0.2) is 33.7 Å². The first kappa shape index (κ1) is 15.7. The summed E-state index contributed by atoms with van der Waals surface area (Å²) >= 11 is 0. The highest BCUT2D eigenvalue weighted by Crippen LogP contribution is 2.27. The number of imidazole rings is 1. The minimum absolute atomic E-state index is 0.0802. The van der Waals surface area contributed by atoms with Gasteiger partial charge in [0.1, 0.15) is 11.5 Å². The molecule has 122 valence electrons. The quantitative estimate of drug-likeness (QED) is 0.833. The van der Waals surface area contributed by atoms with E-state index in [0.717, 1.165) is 42.9 Å². The summed E-state index contributed by atoms with van der Waals surface area (Å²) in [6.45, 7) is 1.47. The Hall–Kier alpha value is -2.14. The maximum atomic E-state index is 12.5. The number of nitrogens with one attached hydrogen (secondary N) is 1. The third kappa shape index (κ3) is 3.45. The number of aromatic nitrogens is 2. The van der Waals surface area contributed by atoms with Gasteiger partial charge >= 0.3 is 0 Å². The van der Waals surface area contributed by atoms with Crippen LogP contribution in [0.5, 0.6) is 0 Å². The molecule has 2 N–H and O–H groups in total. The molecule has 5 heteroatoms. The lowest BCUT2D eigenvalue weighted by Gasteiger charge is -2.09. The Bertz CT molecular complexity index is 664. The minimum atomic E-state index is -0.133. The second-order valence-electron chi connectivity index (χ2n) is 5.89. The minimum Gasteiger partial charge on any atom is -0.396 e. The van der Waals surface area contributed by atoms with Gasteiger partial charge in [-0.05, 0) is 25.7 Å². The molecule has 1 aliphatic heterocycles. The second kappa shape index (κ2) is 7.42. The number of hydrogen-bond donors (Lipinski definition) is 2. The highest BCUT2D eigenvalue weighted by Gasteiger charge is 2.23. The number of rotatable bonds is 5. The van der Waals surface area contributed by atoms with E-state index in [1.165, 1.54) is 6.42 Å². The standard InChI is InChI=1S/C18H23N3O2/c22-13-7-11-19-18(23)16-15-10-5-2-6-12-21(15)17(20-16)14-8-3-1-4-9-14/h1,3-4,8-9,22H,2,5-7,10-13H2,(H,19,23). The zero-order valence-electron chi connectivity index (χ0n) is 13.3. The summed E-state index contributed by atoms with van der Waals surface area (Å²) < 4.78 is 2.21. The fourth-order valence-corrected chi connectivity index (χ4v) is 3.07. The molecule has 1 aromatic carbocycles. The fraction of sp³-hybridized carbons (Fsp3) is 0.444. The number of hydrogen-bond acceptors (Lipinski definition) is 3. The van der Waals surface area contributed by atoms with E-state index < -0.39 is 0 Å². The molecule has 0 aliphatic carbocycles. The molecule has 1 aliphatic rings. The number of nitrogens with zero attached hydrogens (tertiary/aromatic N) is 2. The van der Waals surface area contributed by atoms with Crippen molar-refractivity contribution in [3.8, 4) is 11.4 Å². The van der Waals surface area contributed by atoms with Crippen LogP contribution < -0.4 is 5.32 Å². The van der Waals surface area contributed by atoms with Crippen LogP contribution in [0.25, 0.3) is 11.4 Å². The van der Waals surface area contributed by atoms with Crippen molar-refractivity contribution < 1.29 is 9.90 Å². The van der Waals surface area contributed by atoms with Gasteiger partial charge in [-0.1, -0.05) is 36.8 Å². The summed E-state index contributed by atoms with van der Waals surface area (Å²) in [7, 11) is 0. The molecule has 0 saturated carbocycles. The van der Waals surface area contributed by atoms with Gasteiger partial charge in [-0.25, -0.2) is 4.98 Å². The normalized spacial score (nSPS) is 14.1. The van der Waals surface area contributed by atoms with Crippen molar-refractivity contribution in [2.75, 3.05) is 13.2 Å². The largest absolute Gasteiger partial charge is 0.396 e. The Morgan fingerprint density at radius 2 is 2.04 bits per heavy atom. The highest BCUT2D eigenvalue weighted by molar-refractivity contribution is 5.94. The first-order chi connectivity index (χ1) is 11.3. The summed E-state index contributed by atoms with van der Waals surface area (Å²) in [6.07, 6.45) is 4.85. The Morgan fingerprint density at radius 3 is 2.83 bits per heavy atom. The van der Waals surface area contributed by atoms with Crippen molar-refractivity contribution in [2.24, 2.45) is 0 Å². The van der Waals surface area contributed by atoms with Gasteiger partial charge in [0, 0.05) is 25.3 Å². The van der Waals surface area contributed by atoms with Crippen LogP contribution in [0.3, 0.4) is 0 Å². The molecule has 0 radical (unpaired) electrons. The molecule has 0 unspecified atom stereocenters. The van der Waals surface area contributed by atoms with Crippen molar-refractivity contribution in [3.63, 3.8) is 0 Å². The van der Waals surface area contributed by atoms with E-state index in [4.69, 9.17) is 5.11 Å². The van der Waals surface area contributed by atoms with Crippen LogP contribution in [0.1, 0.15) is 41.9 Å². The molecule has 5 nitrogen and oxygen atoms in total. The van der Waals surface area contributed by atoms with Crippen molar-refractivity contribution in [1.82, 2.24) is 14.9 Å². The first-order valence-electron chi connectivity index (χ1n) is 8.35. The van der Waals surface area contributed by atoms with Gasteiger partial charge in [-0.3, -0.25) is 4.79 Å². The molecule has 0 atom stereocenters. The smallest absolute Gasteiger partial charge is 0.271 e. The second-order valence-corrected chi connectivity index (χ2v) is 5.89. The van der Waals surface area contributed by atoms with Gasteiger partial charge in [0.2, 0.25) is 0 Å². The number of benzene rings is 1. The van der Waals surface area contributed by atoms with Crippen LogP contribution >= 0.6 is 0 Å². The molecular weight excluding hydrogens is 290 g/mol. The van der Waals surface area contributed by atoms with E-state index >= 15 is 0 Å². The number of carbonyl (C=O) groups is 1. The van der Waals surface area contributed by atoms with Crippen LogP contribution in [-0.2, 0) is 13.0 Å². The lowest BCUT2D eigenvalue weighted by molar-refractivity contribution is 0.0945. The average Bonchev–Trinajstić information content (AvgIpc) is 2.77.